The monoisotopic (exact) mass is 357 g/mol. The van der Waals surface area contributed by atoms with Gasteiger partial charge in [0.05, 0.1) is 16.8 Å². The van der Waals surface area contributed by atoms with Crippen molar-refractivity contribution >= 4 is 27.5 Å². The van der Waals surface area contributed by atoms with E-state index in [-0.39, 0.29) is 0 Å². The van der Waals surface area contributed by atoms with E-state index in [1.807, 2.05) is 13.0 Å². The Morgan fingerprint density at radius 1 is 1.14 bits per heavy atom. The summed E-state index contributed by atoms with van der Waals surface area (Å²) in [4.78, 5) is 12.1. The van der Waals surface area contributed by atoms with Gasteiger partial charge < -0.3 is 5.32 Å². The number of halogens is 4. The van der Waals surface area contributed by atoms with Gasteiger partial charge in [-0.25, -0.2) is 0 Å². The molecule has 0 fully saturated rings. The molecule has 1 amide bonds. The predicted molar refractivity (Wildman–Crippen MR) is 78.3 cm³/mol. The van der Waals surface area contributed by atoms with Crippen LogP contribution in [0.4, 0.5) is 18.9 Å². The summed E-state index contributed by atoms with van der Waals surface area (Å²) in [6.45, 7) is 1.83. The molecule has 0 atom stereocenters. The SMILES string of the molecule is Cc1ccc(Br)c(NC(=O)c2ccccc2C(F)(F)F)c1. The van der Waals surface area contributed by atoms with Crippen LogP contribution in [-0.4, -0.2) is 5.91 Å². The molecular formula is C15H11BrF3NO. The molecule has 2 aromatic rings. The number of carbonyl (C=O) groups excluding carboxylic acids is 1. The Morgan fingerprint density at radius 3 is 2.48 bits per heavy atom. The van der Waals surface area contributed by atoms with E-state index < -0.39 is 23.2 Å². The Morgan fingerprint density at radius 2 is 1.81 bits per heavy atom. The van der Waals surface area contributed by atoms with Crippen LogP contribution in [0.5, 0.6) is 0 Å². The number of benzene rings is 2. The lowest BCUT2D eigenvalue weighted by Crippen LogP contribution is -2.18. The standard InChI is InChI=1S/C15H11BrF3NO/c1-9-6-7-12(16)13(8-9)20-14(21)10-4-2-3-5-11(10)15(17,18)19/h2-8H,1H3,(H,20,21). The van der Waals surface area contributed by atoms with E-state index in [2.05, 4.69) is 21.2 Å². The van der Waals surface area contributed by atoms with Gasteiger partial charge in [0.15, 0.2) is 0 Å². The Hall–Kier alpha value is -1.82. The van der Waals surface area contributed by atoms with E-state index in [0.717, 1.165) is 17.7 Å². The number of amides is 1. The number of hydrogen-bond donors (Lipinski definition) is 1. The number of aryl methyl sites for hydroxylation is 1. The van der Waals surface area contributed by atoms with E-state index in [9.17, 15) is 18.0 Å². The van der Waals surface area contributed by atoms with Crippen LogP contribution >= 0.6 is 15.9 Å². The lowest BCUT2D eigenvalue weighted by Gasteiger charge is -2.13. The van der Waals surface area contributed by atoms with Gasteiger partial charge in [-0.1, -0.05) is 18.2 Å². The Bertz CT molecular complexity index is 683. The van der Waals surface area contributed by atoms with Crippen molar-refractivity contribution in [2.75, 3.05) is 5.32 Å². The van der Waals surface area contributed by atoms with Gasteiger partial charge in [-0.05, 0) is 52.7 Å². The highest BCUT2D eigenvalue weighted by Gasteiger charge is 2.34. The molecule has 0 aliphatic carbocycles. The van der Waals surface area contributed by atoms with E-state index >= 15 is 0 Å². The second kappa shape index (κ2) is 5.89. The van der Waals surface area contributed by atoms with Gasteiger partial charge in [0.25, 0.3) is 5.91 Å². The molecule has 0 unspecified atom stereocenters. The summed E-state index contributed by atoms with van der Waals surface area (Å²) in [7, 11) is 0. The van der Waals surface area contributed by atoms with Crippen molar-refractivity contribution in [2.45, 2.75) is 13.1 Å². The lowest BCUT2D eigenvalue weighted by atomic mass is 10.1. The fourth-order valence-corrected chi connectivity index (χ4v) is 2.20. The Balaban J connectivity index is 2.36. The average Bonchev–Trinajstić information content (AvgIpc) is 2.42. The van der Waals surface area contributed by atoms with Gasteiger partial charge in [0.2, 0.25) is 0 Å². The van der Waals surface area contributed by atoms with Gasteiger partial charge in [0, 0.05) is 4.47 Å². The molecule has 6 heteroatoms. The molecule has 0 saturated carbocycles. The first-order chi connectivity index (χ1) is 9.79. The van der Waals surface area contributed by atoms with Gasteiger partial charge >= 0.3 is 6.18 Å². The van der Waals surface area contributed by atoms with Crippen molar-refractivity contribution < 1.29 is 18.0 Å². The normalized spacial score (nSPS) is 11.3. The third-order valence-electron chi connectivity index (χ3n) is 2.85. The number of nitrogens with one attached hydrogen (secondary N) is 1. The van der Waals surface area contributed by atoms with Crippen LogP contribution in [0.25, 0.3) is 0 Å². The number of anilines is 1. The lowest BCUT2D eigenvalue weighted by molar-refractivity contribution is -0.137. The molecule has 0 saturated heterocycles. The first kappa shape index (κ1) is 15.6. The molecule has 0 aliphatic rings. The molecule has 0 aromatic heterocycles. The third-order valence-corrected chi connectivity index (χ3v) is 3.54. The zero-order chi connectivity index (χ0) is 15.6. The first-order valence-electron chi connectivity index (χ1n) is 6.03. The number of alkyl halides is 3. The molecular weight excluding hydrogens is 347 g/mol. The van der Waals surface area contributed by atoms with E-state index in [1.54, 1.807) is 12.1 Å². The minimum absolute atomic E-state index is 0.404. The Labute approximate surface area is 128 Å². The summed E-state index contributed by atoms with van der Waals surface area (Å²) < 4.78 is 39.3. The van der Waals surface area contributed by atoms with Crippen molar-refractivity contribution in [3.8, 4) is 0 Å². The van der Waals surface area contributed by atoms with E-state index in [4.69, 9.17) is 0 Å². The molecule has 0 radical (unpaired) electrons. The van der Waals surface area contributed by atoms with Crippen molar-refractivity contribution in [3.05, 3.63) is 63.6 Å². The summed E-state index contributed by atoms with van der Waals surface area (Å²) in [6, 6.07) is 9.92. The summed E-state index contributed by atoms with van der Waals surface area (Å²) in [6.07, 6.45) is -4.57. The summed E-state index contributed by atoms with van der Waals surface area (Å²) >= 11 is 3.25. The highest BCUT2D eigenvalue weighted by atomic mass is 79.9. The fourth-order valence-electron chi connectivity index (χ4n) is 1.85. The molecule has 2 aromatic carbocycles. The molecule has 2 nitrogen and oxygen atoms in total. The predicted octanol–water partition coefficient (Wildman–Crippen LogP) is 5.03. The smallest absolute Gasteiger partial charge is 0.321 e. The summed E-state index contributed by atoms with van der Waals surface area (Å²) in [5, 5.41) is 2.49. The quantitative estimate of drug-likeness (QED) is 0.802. The van der Waals surface area contributed by atoms with E-state index in [1.165, 1.54) is 12.1 Å². The Kier molecular flexibility index (Phi) is 4.37. The maximum Gasteiger partial charge on any atom is 0.417 e. The van der Waals surface area contributed by atoms with Crippen molar-refractivity contribution in [1.29, 1.82) is 0 Å². The van der Waals surface area contributed by atoms with Crippen molar-refractivity contribution in [1.82, 2.24) is 0 Å². The second-order valence-electron chi connectivity index (χ2n) is 4.48. The molecule has 0 aliphatic heterocycles. The highest BCUT2D eigenvalue weighted by Crippen LogP contribution is 2.32. The molecule has 0 bridgehead atoms. The van der Waals surface area contributed by atoms with Gasteiger partial charge in [-0.3, -0.25) is 4.79 Å². The molecule has 110 valence electrons. The van der Waals surface area contributed by atoms with Crippen LogP contribution in [0, 0.1) is 6.92 Å². The molecule has 21 heavy (non-hydrogen) atoms. The van der Waals surface area contributed by atoms with Gasteiger partial charge in [-0.2, -0.15) is 13.2 Å². The average molecular weight is 358 g/mol. The van der Waals surface area contributed by atoms with E-state index in [0.29, 0.717) is 10.2 Å². The first-order valence-corrected chi connectivity index (χ1v) is 6.82. The fraction of sp³-hybridized carbons (Fsp3) is 0.133. The van der Waals surface area contributed by atoms with Gasteiger partial charge in [-0.15, -0.1) is 0 Å². The van der Waals surface area contributed by atoms with Gasteiger partial charge in [0.1, 0.15) is 0 Å². The zero-order valence-electron chi connectivity index (χ0n) is 11.0. The van der Waals surface area contributed by atoms with Crippen LogP contribution in [0.2, 0.25) is 0 Å². The topological polar surface area (TPSA) is 29.1 Å². The zero-order valence-corrected chi connectivity index (χ0v) is 12.5. The molecule has 1 N–H and O–H groups in total. The van der Waals surface area contributed by atoms with Crippen molar-refractivity contribution in [3.63, 3.8) is 0 Å². The number of hydrogen-bond acceptors (Lipinski definition) is 1. The van der Waals surface area contributed by atoms with Crippen LogP contribution in [0.15, 0.2) is 46.9 Å². The largest absolute Gasteiger partial charge is 0.417 e. The van der Waals surface area contributed by atoms with Crippen LogP contribution in [0.3, 0.4) is 0 Å². The highest BCUT2D eigenvalue weighted by molar-refractivity contribution is 9.10. The van der Waals surface area contributed by atoms with Crippen molar-refractivity contribution in [2.24, 2.45) is 0 Å². The van der Waals surface area contributed by atoms with Crippen LogP contribution in [0.1, 0.15) is 21.5 Å². The number of carbonyl (C=O) groups is 1. The molecule has 2 rings (SSSR count). The second-order valence-corrected chi connectivity index (χ2v) is 5.34. The third kappa shape index (κ3) is 3.64. The molecule has 0 spiro atoms. The maximum atomic E-state index is 12.9. The van der Waals surface area contributed by atoms with Crippen LogP contribution in [-0.2, 0) is 6.18 Å². The maximum absolute atomic E-state index is 12.9. The van der Waals surface area contributed by atoms with Crippen LogP contribution < -0.4 is 5.32 Å². The number of rotatable bonds is 2. The summed E-state index contributed by atoms with van der Waals surface area (Å²) in [5.41, 5.74) is -0.0423. The minimum Gasteiger partial charge on any atom is -0.321 e. The minimum atomic E-state index is -4.57. The molecule has 0 heterocycles. The summed E-state index contributed by atoms with van der Waals surface area (Å²) in [5.74, 6) is -0.797.